The van der Waals surface area contributed by atoms with E-state index in [0.29, 0.717) is 12.3 Å². The molecule has 25 heavy (non-hydrogen) atoms. The molecule has 2 atom stereocenters. The molecule has 1 saturated heterocycles. The molecule has 1 aromatic carbocycles. The lowest BCUT2D eigenvalue weighted by Crippen LogP contribution is -2.34. The van der Waals surface area contributed by atoms with Gasteiger partial charge in [0.15, 0.2) is 0 Å². The number of likely N-dealkylation sites (tertiary alicyclic amines) is 1. The van der Waals surface area contributed by atoms with E-state index in [1.807, 2.05) is 42.2 Å². The number of oxazole rings is 1. The first-order valence-electron chi connectivity index (χ1n) is 9.08. The van der Waals surface area contributed by atoms with Crippen molar-refractivity contribution in [3.8, 4) is 11.3 Å². The Kier molecular flexibility index (Phi) is 5.23. The smallest absolute Gasteiger partial charge is 0.224 e. The van der Waals surface area contributed by atoms with Gasteiger partial charge >= 0.3 is 0 Å². The van der Waals surface area contributed by atoms with E-state index in [4.69, 9.17) is 15.1 Å². The lowest BCUT2D eigenvalue weighted by molar-refractivity contribution is -0.132. The highest BCUT2D eigenvalue weighted by molar-refractivity contribution is 5.77. The van der Waals surface area contributed by atoms with Crippen LogP contribution >= 0.6 is 0 Å². The van der Waals surface area contributed by atoms with Crippen LogP contribution in [-0.2, 0) is 4.79 Å². The third-order valence-corrected chi connectivity index (χ3v) is 4.60. The molecule has 2 heterocycles. The molecule has 0 bridgehead atoms. The molecule has 2 unspecified atom stereocenters. The molecule has 0 radical (unpaired) electrons. The number of rotatable bonds is 5. The maximum absolute atomic E-state index is 12.5. The second-order valence-corrected chi connectivity index (χ2v) is 7.21. The zero-order valence-electron chi connectivity index (χ0n) is 15.2. The SMILES string of the molecule is CC(N)CC(=O)N1CCCC1c1nc(-c2ccccc2)c(C(C)C)o1. The zero-order chi connectivity index (χ0) is 18.0. The fourth-order valence-electron chi connectivity index (χ4n) is 3.40. The van der Waals surface area contributed by atoms with Gasteiger partial charge in [-0.3, -0.25) is 4.79 Å². The van der Waals surface area contributed by atoms with E-state index in [-0.39, 0.29) is 23.9 Å². The van der Waals surface area contributed by atoms with Crippen LogP contribution in [0.25, 0.3) is 11.3 Å². The number of amides is 1. The van der Waals surface area contributed by atoms with Gasteiger partial charge in [-0.25, -0.2) is 4.98 Å². The van der Waals surface area contributed by atoms with Gasteiger partial charge in [-0.2, -0.15) is 0 Å². The minimum absolute atomic E-state index is 0.0822. The molecule has 0 saturated carbocycles. The van der Waals surface area contributed by atoms with Crippen LogP contribution in [0.1, 0.15) is 63.6 Å². The second kappa shape index (κ2) is 7.40. The standard InChI is InChI=1S/C20H27N3O2/c1-13(2)19-18(15-8-5-4-6-9-15)22-20(25-19)16-10-7-11-23(16)17(24)12-14(3)21/h4-6,8-9,13-14,16H,7,10-12,21H2,1-3H3. The first-order chi connectivity index (χ1) is 12.0. The van der Waals surface area contributed by atoms with E-state index < -0.39 is 0 Å². The van der Waals surface area contributed by atoms with Gasteiger partial charge in [0.2, 0.25) is 11.8 Å². The Morgan fingerprint density at radius 3 is 2.68 bits per heavy atom. The van der Waals surface area contributed by atoms with Crippen molar-refractivity contribution in [3.05, 3.63) is 42.0 Å². The number of carbonyl (C=O) groups is 1. The van der Waals surface area contributed by atoms with Gasteiger partial charge < -0.3 is 15.1 Å². The number of aromatic nitrogens is 1. The quantitative estimate of drug-likeness (QED) is 0.896. The molecule has 1 amide bonds. The summed E-state index contributed by atoms with van der Waals surface area (Å²) in [5.74, 6) is 1.85. The average Bonchev–Trinajstić information content (AvgIpc) is 3.22. The van der Waals surface area contributed by atoms with Crippen LogP contribution in [-0.4, -0.2) is 28.4 Å². The van der Waals surface area contributed by atoms with Crippen LogP contribution in [0.4, 0.5) is 0 Å². The van der Waals surface area contributed by atoms with Crippen molar-refractivity contribution in [1.82, 2.24) is 9.88 Å². The number of hydrogen-bond acceptors (Lipinski definition) is 4. The van der Waals surface area contributed by atoms with Gasteiger partial charge in [-0.15, -0.1) is 0 Å². The fourth-order valence-corrected chi connectivity index (χ4v) is 3.40. The molecule has 0 spiro atoms. The number of hydrogen-bond donors (Lipinski definition) is 1. The minimum Gasteiger partial charge on any atom is -0.442 e. The highest BCUT2D eigenvalue weighted by Gasteiger charge is 2.34. The van der Waals surface area contributed by atoms with E-state index in [1.54, 1.807) is 0 Å². The van der Waals surface area contributed by atoms with Gasteiger partial charge in [0.05, 0.1) is 0 Å². The lowest BCUT2D eigenvalue weighted by Gasteiger charge is -2.23. The Morgan fingerprint density at radius 2 is 2.04 bits per heavy atom. The van der Waals surface area contributed by atoms with E-state index in [0.717, 1.165) is 36.4 Å². The van der Waals surface area contributed by atoms with Gasteiger partial charge in [-0.1, -0.05) is 44.2 Å². The van der Waals surface area contributed by atoms with E-state index in [1.165, 1.54) is 0 Å². The molecular formula is C20H27N3O2. The first-order valence-corrected chi connectivity index (χ1v) is 9.08. The first kappa shape index (κ1) is 17.7. The van der Waals surface area contributed by atoms with Gasteiger partial charge in [0.1, 0.15) is 17.5 Å². The van der Waals surface area contributed by atoms with E-state index in [9.17, 15) is 4.79 Å². The van der Waals surface area contributed by atoms with Crippen LogP contribution in [0, 0.1) is 0 Å². The molecule has 0 aliphatic carbocycles. The van der Waals surface area contributed by atoms with Crippen LogP contribution in [0.2, 0.25) is 0 Å². The summed E-state index contributed by atoms with van der Waals surface area (Å²) >= 11 is 0. The largest absolute Gasteiger partial charge is 0.442 e. The van der Waals surface area contributed by atoms with Crippen LogP contribution in [0.3, 0.4) is 0 Å². The molecule has 3 rings (SSSR count). The molecule has 1 aliphatic heterocycles. The Labute approximate surface area is 149 Å². The fraction of sp³-hybridized carbons (Fsp3) is 0.500. The van der Waals surface area contributed by atoms with Crippen molar-refractivity contribution in [2.45, 2.75) is 58.0 Å². The molecular weight excluding hydrogens is 314 g/mol. The third-order valence-electron chi connectivity index (χ3n) is 4.60. The number of carbonyl (C=O) groups excluding carboxylic acids is 1. The molecule has 1 aliphatic rings. The second-order valence-electron chi connectivity index (χ2n) is 7.21. The van der Waals surface area contributed by atoms with E-state index in [2.05, 4.69) is 13.8 Å². The van der Waals surface area contributed by atoms with Gasteiger partial charge in [0.25, 0.3) is 0 Å². The summed E-state index contributed by atoms with van der Waals surface area (Å²) < 4.78 is 6.16. The molecule has 2 N–H and O–H groups in total. The third kappa shape index (κ3) is 3.76. The van der Waals surface area contributed by atoms with Crippen LogP contribution in [0.15, 0.2) is 34.7 Å². The Balaban J connectivity index is 1.93. The van der Waals surface area contributed by atoms with Gasteiger partial charge in [0, 0.05) is 30.5 Å². The summed E-state index contributed by atoms with van der Waals surface area (Å²) in [4.78, 5) is 19.2. The zero-order valence-corrected chi connectivity index (χ0v) is 15.2. The Morgan fingerprint density at radius 1 is 1.32 bits per heavy atom. The van der Waals surface area contributed by atoms with Crippen molar-refractivity contribution < 1.29 is 9.21 Å². The summed E-state index contributed by atoms with van der Waals surface area (Å²) in [6.45, 7) is 6.81. The van der Waals surface area contributed by atoms with Crippen molar-refractivity contribution >= 4 is 5.91 Å². The summed E-state index contributed by atoms with van der Waals surface area (Å²) in [7, 11) is 0. The highest BCUT2D eigenvalue weighted by atomic mass is 16.4. The van der Waals surface area contributed by atoms with Gasteiger partial charge in [-0.05, 0) is 19.8 Å². The molecule has 1 aromatic heterocycles. The number of benzene rings is 1. The highest BCUT2D eigenvalue weighted by Crippen LogP contribution is 2.37. The monoisotopic (exact) mass is 341 g/mol. The predicted molar refractivity (Wildman–Crippen MR) is 98.0 cm³/mol. The molecule has 5 nitrogen and oxygen atoms in total. The summed E-state index contributed by atoms with van der Waals surface area (Å²) in [6.07, 6.45) is 2.21. The van der Waals surface area contributed by atoms with Crippen molar-refractivity contribution in [2.75, 3.05) is 6.54 Å². The lowest BCUT2D eigenvalue weighted by atomic mass is 10.0. The van der Waals surface area contributed by atoms with Crippen molar-refractivity contribution in [1.29, 1.82) is 0 Å². The molecule has 1 fully saturated rings. The summed E-state index contributed by atoms with van der Waals surface area (Å²) in [6, 6.07) is 9.86. The average molecular weight is 341 g/mol. The van der Waals surface area contributed by atoms with Crippen molar-refractivity contribution in [3.63, 3.8) is 0 Å². The Hall–Kier alpha value is -2.14. The maximum atomic E-state index is 12.5. The number of nitrogens with two attached hydrogens (primary N) is 1. The molecule has 5 heteroatoms. The number of nitrogens with zero attached hydrogens (tertiary/aromatic N) is 2. The van der Waals surface area contributed by atoms with Crippen LogP contribution < -0.4 is 5.73 Å². The maximum Gasteiger partial charge on any atom is 0.224 e. The van der Waals surface area contributed by atoms with Crippen LogP contribution in [0.5, 0.6) is 0 Å². The molecule has 2 aromatic rings. The van der Waals surface area contributed by atoms with E-state index >= 15 is 0 Å². The normalized spacial score (nSPS) is 18.8. The summed E-state index contributed by atoms with van der Waals surface area (Å²) in [5.41, 5.74) is 7.74. The Bertz CT molecular complexity index is 722. The topological polar surface area (TPSA) is 72.4 Å². The minimum atomic E-state index is -0.135. The predicted octanol–water partition coefficient (Wildman–Crippen LogP) is 3.87. The summed E-state index contributed by atoms with van der Waals surface area (Å²) in [5, 5.41) is 0. The van der Waals surface area contributed by atoms with Crippen molar-refractivity contribution in [2.24, 2.45) is 5.73 Å². The molecule has 134 valence electrons.